The summed E-state index contributed by atoms with van der Waals surface area (Å²) in [6, 6.07) is 1.95. The Bertz CT molecular complexity index is 355. The van der Waals surface area contributed by atoms with Crippen molar-refractivity contribution in [3.8, 4) is 6.07 Å². The lowest BCUT2D eigenvalue weighted by atomic mass is 10.2. The number of rotatable bonds is 5. The van der Waals surface area contributed by atoms with Gasteiger partial charge in [-0.1, -0.05) is 18.6 Å². The second-order valence-corrected chi connectivity index (χ2v) is 3.27. The van der Waals surface area contributed by atoms with E-state index in [0.29, 0.717) is 17.8 Å². The van der Waals surface area contributed by atoms with Crippen LogP contribution in [0.4, 0.5) is 0 Å². The van der Waals surface area contributed by atoms with Gasteiger partial charge in [-0.2, -0.15) is 5.26 Å². The summed E-state index contributed by atoms with van der Waals surface area (Å²) in [6.07, 6.45) is 0.694. The smallest absolute Gasteiger partial charge is 0.185 e. The summed E-state index contributed by atoms with van der Waals surface area (Å²) in [5.41, 5.74) is 1.01. The molecule has 0 aliphatic heterocycles. The standard InChI is InChI=1S/C9H14N4O2/c1-2-3-9-8(4-10)11-12-13(9)5-7(15)6-14/h7,14-15H,2-3,5-6H2,1H3. The number of hydrogen-bond acceptors (Lipinski definition) is 5. The van der Waals surface area contributed by atoms with Gasteiger partial charge in [0.15, 0.2) is 5.69 Å². The SMILES string of the molecule is CCCc1c(C#N)nnn1CC(O)CO. The Morgan fingerprint density at radius 2 is 2.33 bits per heavy atom. The van der Waals surface area contributed by atoms with E-state index in [1.165, 1.54) is 4.68 Å². The van der Waals surface area contributed by atoms with Crippen LogP contribution >= 0.6 is 0 Å². The van der Waals surface area contributed by atoms with Crippen molar-refractivity contribution in [2.45, 2.75) is 32.4 Å². The molecule has 0 spiro atoms. The minimum atomic E-state index is -0.867. The molecule has 1 rings (SSSR count). The fourth-order valence-corrected chi connectivity index (χ4v) is 1.31. The molecule has 0 radical (unpaired) electrons. The maximum Gasteiger partial charge on any atom is 0.185 e. The fourth-order valence-electron chi connectivity index (χ4n) is 1.31. The van der Waals surface area contributed by atoms with Gasteiger partial charge in [-0.25, -0.2) is 4.68 Å². The van der Waals surface area contributed by atoms with Crippen molar-refractivity contribution in [3.05, 3.63) is 11.4 Å². The predicted octanol–water partition coefficient (Wildman–Crippen LogP) is -0.545. The van der Waals surface area contributed by atoms with E-state index in [4.69, 9.17) is 10.4 Å². The Balaban J connectivity index is 2.87. The lowest BCUT2D eigenvalue weighted by molar-refractivity contribution is 0.0770. The maximum absolute atomic E-state index is 9.26. The molecule has 1 atom stereocenters. The molecule has 6 heteroatoms. The van der Waals surface area contributed by atoms with Gasteiger partial charge in [-0.3, -0.25) is 0 Å². The van der Waals surface area contributed by atoms with Crippen LogP contribution in [0.1, 0.15) is 24.7 Å². The normalized spacial score (nSPS) is 12.4. The van der Waals surface area contributed by atoms with Crippen LogP contribution in [0.25, 0.3) is 0 Å². The van der Waals surface area contributed by atoms with Crippen LogP contribution in [-0.4, -0.2) is 37.9 Å². The Kier molecular flexibility index (Phi) is 4.21. The average molecular weight is 210 g/mol. The van der Waals surface area contributed by atoms with E-state index in [2.05, 4.69) is 10.3 Å². The Hall–Kier alpha value is -1.45. The Labute approximate surface area is 87.8 Å². The van der Waals surface area contributed by atoms with E-state index in [1.54, 1.807) is 0 Å². The monoisotopic (exact) mass is 210 g/mol. The van der Waals surface area contributed by atoms with Gasteiger partial charge in [0.2, 0.25) is 0 Å². The molecule has 0 fully saturated rings. The minimum absolute atomic E-state index is 0.167. The lowest BCUT2D eigenvalue weighted by Crippen LogP contribution is -2.22. The van der Waals surface area contributed by atoms with E-state index in [-0.39, 0.29) is 13.2 Å². The largest absolute Gasteiger partial charge is 0.394 e. The zero-order valence-corrected chi connectivity index (χ0v) is 8.59. The first kappa shape index (κ1) is 11.6. The molecule has 1 aromatic rings. The van der Waals surface area contributed by atoms with Gasteiger partial charge >= 0.3 is 0 Å². The fraction of sp³-hybridized carbons (Fsp3) is 0.667. The Morgan fingerprint density at radius 1 is 1.60 bits per heavy atom. The molecule has 6 nitrogen and oxygen atoms in total. The highest BCUT2D eigenvalue weighted by molar-refractivity contribution is 5.24. The molecular weight excluding hydrogens is 196 g/mol. The molecule has 1 unspecified atom stereocenters. The van der Waals surface area contributed by atoms with Gasteiger partial charge in [-0.05, 0) is 6.42 Å². The zero-order valence-electron chi connectivity index (χ0n) is 8.59. The molecule has 1 heterocycles. The van der Waals surface area contributed by atoms with Crippen molar-refractivity contribution in [2.24, 2.45) is 0 Å². The van der Waals surface area contributed by atoms with Gasteiger partial charge in [0.1, 0.15) is 6.07 Å². The molecular formula is C9H14N4O2. The van der Waals surface area contributed by atoms with E-state index in [0.717, 1.165) is 6.42 Å². The molecule has 0 bridgehead atoms. The first-order valence-electron chi connectivity index (χ1n) is 4.84. The summed E-state index contributed by atoms with van der Waals surface area (Å²) in [7, 11) is 0. The topological polar surface area (TPSA) is 95.0 Å². The maximum atomic E-state index is 9.26. The van der Waals surface area contributed by atoms with Crippen LogP contribution in [0.5, 0.6) is 0 Å². The third-order valence-electron chi connectivity index (χ3n) is 2.02. The molecule has 0 aliphatic carbocycles. The summed E-state index contributed by atoms with van der Waals surface area (Å²) in [5, 5.41) is 34.2. The van der Waals surface area contributed by atoms with Crippen molar-refractivity contribution in [1.29, 1.82) is 5.26 Å². The number of nitriles is 1. The Morgan fingerprint density at radius 3 is 2.87 bits per heavy atom. The quantitative estimate of drug-likeness (QED) is 0.680. The van der Waals surface area contributed by atoms with Crippen molar-refractivity contribution in [3.63, 3.8) is 0 Å². The molecule has 0 saturated carbocycles. The second-order valence-electron chi connectivity index (χ2n) is 3.27. The van der Waals surface area contributed by atoms with Crippen LogP contribution in [0.2, 0.25) is 0 Å². The van der Waals surface area contributed by atoms with Crippen LogP contribution in [0, 0.1) is 11.3 Å². The van der Waals surface area contributed by atoms with E-state index in [9.17, 15) is 5.11 Å². The average Bonchev–Trinajstić information content (AvgIpc) is 2.61. The van der Waals surface area contributed by atoms with Gasteiger partial charge in [0.25, 0.3) is 0 Å². The van der Waals surface area contributed by atoms with Gasteiger partial charge in [-0.15, -0.1) is 5.10 Å². The molecule has 1 aromatic heterocycles. The summed E-state index contributed by atoms with van der Waals surface area (Å²) in [6.45, 7) is 1.83. The van der Waals surface area contributed by atoms with E-state index in [1.807, 2.05) is 13.0 Å². The van der Waals surface area contributed by atoms with Gasteiger partial charge in [0, 0.05) is 0 Å². The lowest BCUT2D eigenvalue weighted by Gasteiger charge is -2.09. The summed E-state index contributed by atoms with van der Waals surface area (Å²) in [4.78, 5) is 0. The van der Waals surface area contributed by atoms with Crippen molar-refractivity contribution in [2.75, 3.05) is 6.61 Å². The second kappa shape index (κ2) is 5.44. The molecule has 0 aliphatic rings. The highest BCUT2D eigenvalue weighted by atomic mass is 16.3. The number of aliphatic hydroxyl groups is 2. The summed E-state index contributed by atoms with van der Waals surface area (Å²) >= 11 is 0. The molecule has 82 valence electrons. The van der Waals surface area contributed by atoms with Crippen LogP contribution in [0.3, 0.4) is 0 Å². The number of nitrogens with zero attached hydrogens (tertiary/aromatic N) is 4. The van der Waals surface area contributed by atoms with Crippen LogP contribution < -0.4 is 0 Å². The highest BCUT2D eigenvalue weighted by Gasteiger charge is 2.13. The van der Waals surface area contributed by atoms with Crippen molar-refractivity contribution in [1.82, 2.24) is 15.0 Å². The molecule has 0 aromatic carbocycles. The van der Waals surface area contributed by atoms with Gasteiger partial charge < -0.3 is 10.2 Å². The van der Waals surface area contributed by atoms with Gasteiger partial charge in [0.05, 0.1) is 24.9 Å². The number of aromatic nitrogens is 3. The summed E-state index contributed by atoms with van der Waals surface area (Å²) < 4.78 is 1.48. The number of aliphatic hydroxyl groups excluding tert-OH is 2. The zero-order chi connectivity index (χ0) is 11.3. The summed E-state index contributed by atoms with van der Waals surface area (Å²) in [5.74, 6) is 0. The third-order valence-corrected chi connectivity index (χ3v) is 2.02. The first-order valence-corrected chi connectivity index (χ1v) is 4.84. The van der Waals surface area contributed by atoms with Crippen LogP contribution in [-0.2, 0) is 13.0 Å². The first-order chi connectivity index (χ1) is 7.22. The van der Waals surface area contributed by atoms with E-state index < -0.39 is 6.10 Å². The van der Waals surface area contributed by atoms with Crippen molar-refractivity contribution < 1.29 is 10.2 Å². The predicted molar refractivity (Wildman–Crippen MR) is 51.8 cm³/mol. The van der Waals surface area contributed by atoms with Crippen molar-refractivity contribution >= 4 is 0 Å². The molecule has 0 amide bonds. The highest BCUT2D eigenvalue weighted by Crippen LogP contribution is 2.07. The molecule has 2 N–H and O–H groups in total. The van der Waals surface area contributed by atoms with Crippen LogP contribution in [0.15, 0.2) is 0 Å². The third kappa shape index (κ3) is 2.75. The molecule has 15 heavy (non-hydrogen) atoms. The molecule has 0 saturated heterocycles. The minimum Gasteiger partial charge on any atom is -0.394 e. The number of hydrogen-bond donors (Lipinski definition) is 2. The van der Waals surface area contributed by atoms with E-state index >= 15 is 0 Å².